The minimum absolute atomic E-state index is 0.859. The number of allylic oxidation sites excluding steroid dienone is 1. The molecule has 0 atom stereocenters. The fraction of sp³-hybridized carbons (Fsp3) is 0.312. The molecule has 1 aromatic rings. The van der Waals surface area contributed by atoms with E-state index in [1.165, 1.54) is 0 Å². The minimum atomic E-state index is -0.952. The van der Waals surface area contributed by atoms with Crippen molar-refractivity contribution in [3.8, 4) is 0 Å². The summed E-state index contributed by atoms with van der Waals surface area (Å²) in [5, 5.41) is 13.9. The molecule has 0 fully saturated rings. The molecule has 0 saturated heterocycles. The first-order valence-electron chi connectivity index (χ1n) is 6.74. The van der Waals surface area contributed by atoms with Crippen molar-refractivity contribution in [1.29, 1.82) is 0 Å². The van der Waals surface area contributed by atoms with E-state index < -0.39 is 5.97 Å². The quantitative estimate of drug-likeness (QED) is 0.518. The van der Waals surface area contributed by atoms with Crippen LogP contribution in [0.15, 0.2) is 24.9 Å². The summed E-state index contributed by atoms with van der Waals surface area (Å²) in [5.41, 5.74) is 2.07. The van der Waals surface area contributed by atoms with Crippen LogP contribution in [-0.2, 0) is 4.79 Å². The highest BCUT2D eigenvalue weighted by Gasteiger charge is 2.03. The largest absolute Gasteiger partial charge is 0.478 e. The van der Waals surface area contributed by atoms with Crippen LogP contribution in [-0.4, -0.2) is 29.1 Å². The van der Waals surface area contributed by atoms with Gasteiger partial charge in [-0.05, 0) is 32.0 Å². The molecular weight excluding hydrogens is 252 g/mol. The third-order valence-corrected chi connectivity index (χ3v) is 2.98. The monoisotopic (exact) mass is 274 g/mol. The van der Waals surface area contributed by atoms with E-state index in [0.717, 1.165) is 47.3 Å². The third-order valence-electron chi connectivity index (χ3n) is 2.98. The molecule has 0 aliphatic carbocycles. The van der Waals surface area contributed by atoms with Crippen molar-refractivity contribution in [2.45, 2.75) is 20.3 Å². The van der Waals surface area contributed by atoms with Gasteiger partial charge in [0.25, 0.3) is 0 Å². The Kier molecular flexibility index (Phi) is 6.53. The molecule has 1 heterocycles. The zero-order valence-electron chi connectivity index (χ0n) is 12.1. The summed E-state index contributed by atoms with van der Waals surface area (Å²) in [6.07, 6.45) is 9.20. The Bertz CT molecular complexity index is 609. The molecule has 0 amide bonds. The van der Waals surface area contributed by atoms with Gasteiger partial charge >= 0.3 is 5.97 Å². The molecule has 108 valence electrons. The van der Waals surface area contributed by atoms with Gasteiger partial charge in [-0.25, -0.2) is 4.79 Å². The summed E-state index contributed by atoms with van der Waals surface area (Å²) >= 11 is 0. The van der Waals surface area contributed by atoms with E-state index in [0.29, 0.717) is 0 Å². The molecule has 20 heavy (non-hydrogen) atoms. The first-order chi connectivity index (χ1) is 9.60. The lowest BCUT2D eigenvalue weighted by Crippen LogP contribution is -2.24. The van der Waals surface area contributed by atoms with Gasteiger partial charge in [0.15, 0.2) is 0 Å². The Morgan fingerprint density at radius 2 is 2.30 bits per heavy atom. The second kappa shape index (κ2) is 8.17. The van der Waals surface area contributed by atoms with Crippen LogP contribution in [0.25, 0.3) is 17.7 Å². The lowest BCUT2D eigenvalue weighted by atomic mass is 10.1. The van der Waals surface area contributed by atoms with Crippen LogP contribution in [0.3, 0.4) is 0 Å². The summed E-state index contributed by atoms with van der Waals surface area (Å²) in [5.74, 6) is -0.952. The number of hydrogen-bond acceptors (Lipinski definition) is 2. The summed E-state index contributed by atoms with van der Waals surface area (Å²) < 4.78 is 0. The number of carboxylic acids is 1. The van der Waals surface area contributed by atoms with E-state index in [9.17, 15) is 4.79 Å². The first kappa shape index (κ1) is 16.0. The maximum absolute atomic E-state index is 10.5. The van der Waals surface area contributed by atoms with E-state index in [4.69, 9.17) is 5.11 Å². The van der Waals surface area contributed by atoms with Crippen molar-refractivity contribution in [1.82, 2.24) is 10.3 Å². The van der Waals surface area contributed by atoms with Gasteiger partial charge in [-0.2, -0.15) is 0 Å². The summed E-state index contributed by atoms with van der Waals surface area (Å²) in [6, 6.07) is 0. The van der Waals surface area contributed by atoms with E-state index in [1.807, 2.05) is 19.2 Å². The zero-order chi connectivity index (χ0) is 15.0. The third kappa shape index (κ3) is 4.55. The molecule has 0 aliphatic rings. The van der Waals surface area contributed by atoms with Gasteiger partial charge in [0.1, 0.15) is 0 Å². The minimum Gasteiger partial charge on any atom is -0.478 e. The number of aromatic nitrogens is 1. The van der Waals surface area contributed by atoms with Crippen molar-refractivity contribution in [3.05, 3.63) is 41.1 Å². The fourth-order valence-corrected chi connectivity index (χ4v) is 1.94. The predicted molar refractivity (Wildman–Crippen MR) is 83.6 cm³/mol. The van der Waals surface area contributed by atoms with E-state index in [-0.39, 0.29) is 0 Å². The molecule has 3 N–H and O–H groups in total. The molecule has 0 aliphatic heterocycles. The normalized spacial score (nSPS) is 13.3. The topological polar surface area (TPSA) is 65.1 Å². The molecule has 1 aromatic heterocycles. The number of carbonyl (C=O) groups is 1. The number of carboxylic acid groups (broad SMARTS) is 1. The maximum Gasteiger partial charge on any atom is 0.328 e. The standard InChI is InChI=1S/C16H22N2O2/c1-4-15-13(7-6-8-16(19)20)14(11-18-15)12(3)9-10-17-5-2/h4,6-8,11,17-18H,3,5,9-10H2,1-2H3,(H,19,20)/b8-6+,13-7-,15-4+. The van der Waals surface area contributed by atoms with E-state index >= 15 is 0 Å². The van der Waals surface area contributed by atoms with Crippen LogP contribution in [0.4, 0.5) is 0 Å². The highest BCUT2D eigenvalue weighted by molar-refractivity contribution is 5.81. The number of hydrogen-bond donors (Lipinski definition) is 3. The first-order valence-corrected chi connectivity index (χ1v) is 6.74. The highest BCUT2D eigenvalue weighted by Crippen LogP contribution is 2.09. The Labute approximate surface area is 119 Å². The number of aliphatic carboxylic acids is 1. The highest BCUT2D eigenvalue weighted by atomic mass is 16.4. The van der Waals surface area contributed by atoms with Gasteiger partial charge in [-0.1, -0.05) is 31.7 Å². The Morgan fingerprint density at radius 1 is 1.55 bits per heavy atom. The van der Waals surface area contributed by atoms with Crippen LogP contribution in [0.5, 0.6) is 0 Å². The fourth-order valence-electron chi connectivity index (χ4n) is 1.94. The lowest BCUT2D eigenvalue weighted by Gasteiger charge is -2.04. The van der Waals surface area contributed by atoms with Crippen molar-refractivity contribution >= 4 is 23.7 Å². The van der Waals surface area contributed by atoms with Crippen molar-refractivity contribution in [3.63, 3.8) is 0 Å². The van der Waals surface area contributed by atoms with Gasteiger partial charge < -0.3 is 15.4 Å². The van der Waals surface area contributed by atoms with Crippen molar-refractivity contribution in [2.24, 2.45) is 0 Å². The van der Waals surface area contributed by atoms with Crippen LogP contribution in [0, 0.1) is 0 Å². The van der Waals surface area contributed by atoms with Crippen LogP contribution >= 0.6 is 0 Å². The summed E-state index contributed by atoms with van der Waals surface area (Å²) in [4.78, 5) is 13.7. The lowest BCUT2D eigenvalue weighted by molar-refractivity contribution is -0.131. The molecule has 0 radical (unpaired) electrons. The van der Waals surface area contributed by atoms with Crippen LogP contribution < -0.4 is 15.9 Å². The van der Waals surface area contributed by atoms with Gasteiger partial charge in [0.05, 0.1) is 0 Å². The Balaban J connectivity index is 3.06. The SMILES string of the molecule is C=C(CCNCC)c1c[nH]c(=C/C)/c1=C\C=C\C(=O)O. The number of rotatable bonds is 7. The molecule has 0 aromatic carbocycles. The molecule has 0 spiro atoms. The zero-order valence-corrected chi connectivity index (χ0v) is 12.1. The Hall–Kier alpha value is -2.07. The summed E-state index contributed by atoms with van der Waals surface area (Å²) in [6.45, 7) is 9.95. The maximum atomic E-state index is 10.5. The summed E-state index contributed by atoms with van der Waals surface area (Å²) in [7, 11) is 0. The van der Waals surface area contributed by atoms with E-state index in [2.05, 4.69) is 23.8 Å². The van der Waals surface area contributed by atoms with Crippen LogP contribution in [0.1, 0.15) is 25.8 Å². The van der Waals surface area contributed by atoms with Gasteiger partial charge in [0, 0.05) is 28.4 Å². The average molecular weight is 274 g/mol. The molecule has 0 unspecified atom stereocenters. The van der Waals surface area contributed by atoms with Crippen LogP contribution in [0.2, 0.25) is 0 Å². The number of aromatic amines is 1. The molecule has 0 saturated carbocycles. The molecule has 0 bridgehead atoms. The van der Waals surface area contributed by atoms with Gasteiger partial charge in [-0.3, -0.25) is 0 Å². The van der Waals surface area contributed by atoms with Crippen molar-refractivity contribution < 1.29 is 9.90 Å². The van der Waals surface area contributed by atoms with Crippen molar-refractivity contribution in [2.75, 3.05) is 13.1 Å². The molecule has 4 heteroatoms. The molecular formula is C16H22N2O2. The molecule has 4 nitrogen and oxygen atoms in total. The molecule has 1 rings (SSSR count). The van der Waals surface area contributed by atoms with Gasteiger partial charge in [0.2, 0.25) is 0 Å². The predicted octanol–water partition coefficient (Wildman–Crippen LogP) is 1.25. The van der Waals surface area contributed by atoms with E-state index in [1.54, 1.807) is 12.2 Å². The second-order valence-corrected chi connectivity index (χ2v) is 4.39. The van der Waals surface area contributed by atoms with Gasteiger partial charge in [-0.15, -0.1) is 0 Å². The number of nitrogens with one attached hydrogen (secondary N) is 2. The second-order valence-electron chi connectivity index (χ2n) is 4.39. The average Bonchev–Trinajstić information content (AvgIpc) is 2.81. The Morgan fingerprint density at radius 3 is 2.90 bits per heavy atom. The number of H-pyrrole nitrogens is 1. The smallest absolute Gasteiger partial charge is 0.328 e.